The van der Waals surface area contributed by atoms with E-state index in [1.807, 2.05) is 13.8 Å². The molecule has 0 saturated heterocycles. The molecule has 0 unspecified atom stereocenters. The molecule has 0 aliphatic rings. The number of amides is 1. The highest BCUT2D eigenvalue weighted by Gasteiger charge is 2.09. The number of methoxy groups -OCH3 is 1. The van der Waals surface area contributed by atoms with Crippen LogP contribution in [0.1, 0.15) is 36.4 Å². The first-order chi connectivity index (χ1) is 9.52. The highest BCUT2D eigenvalue weighted by Crippen LogP contribution is 2.08. The average Bonchev–Trinajstić information content (AvgIpc) is 2.89. The molecular formula is C14H22N2O4. The van der Waals surface area contributed by atoms with Gasteiger partial charge in [0.1, 0.15) is 12.0 Å². The summed E-state index contributed by atoms with van der Waals surface area (Å²) < 4.78 is 9.79. The van der Waals surface area contributed by atoms with Gasteiger partial charge in [-0.2, -0.15) is 0 Å². The maximum atomic E-state index is 11.5. The van der Waals surface area contributed by atoms with Gasteiger partial charge in [0.05, 0.1) is 19.2 Å². The lowest BCUT2D eigenvalue weighted by molar-refractivity contribution is -0.121. The normalized spacial score (nSPS) is 10.6. The van der Waals surface area contributed by atoms with Crippen molar-refractivity contribution in [2.24, 2.45) is 5.92 Å². The summed E-state index contributed by atoms with van der Waals surface area (Å²) in [6, 6.07) is 1.62. The molecule has 0 atom stereocenters. The van der Waals surface area contributed by atoms with E-state index in [2.05, 4.69) is 15.4 Å². The summed E-state index contributed by atoms with van der Waals surface area (Å²) >= 11 is 0. The summed E-state index contributed by atoms with van der Waals surface area (Å²) in [4.78, 5) is 22.7. The largest absolute Gasteiger partial charge is 0.467 e. The molecular weight excluding hydrogens is 260 g/mol. The van der Waals surface area contributed by atoms with Crippen LogP contribution in [0, 0.1) is 5.92 Å². The quantitative estimate of drug-likeness (QED) is 0.555. The van der Waals surface area contributed by atoms with Crippen LogP contribution in [0.2, 0.25) is 0 Å². The molecule has 20 heavy (non-hydrogen) atoms. The summed E-state index contributed by atoms with van der Waals surface area (Å²) in [5.41, 5.74) is 0.388. The van der Waals surface area contributed by atoms with Gasteiger partial charge in [-0.3, -0.25) is 4.79 Å². The molecule has 0 bridgehead atoms. The lowest BCUT2D eigenvalue weighted by Crippen LogP contribution is -2.30. The zero-order valence-electron chi connectivity index (χ0n) is 12.2. The monoisotopic (exact) mass is 282 g/mol. The molecule has 0 saturated carbocycles. The molecule has 1 aromatic heterocycles. The zero-order chi connectivity index (χ0) is 15.0. The van der Waals surface area contributed by atoms with E-state index < -0.39 is 5.97 Å². The second kappa shape index (κ2) is 8.37. The first-order valence-electron chi connectivity index (χ1n) is 6.66. The minimum Gasteiger partial charge on any atom is -0.467 e. The number of hydrogen-bond donors (Lipinski definition) is 2. The Bertz CT molecular complexity index is 440. The Hall–Kier alpha value is -1.82. The smallest absolute Gasteiger partial charge is 0.341 e. The molecule has 0 aromatic carbocycles. The highest BCUT2D eigenvalue weighted by molar-refractivity contribution is 5.88. The Labute approximate surface area is 118 Å². The summed E-state index contributed by atoms with van der Waals surface area (Å²) in [7, 11) is 1.32. The maximum absolute atomic E-state index is 11.5. The van der Waals surface area contributed by atoms with E-state index in [9.17, 15) is 9.59 Å². The third-order valence-electron chi connectivity index (χ3n) is 2.61. The summed E-state index contributed by atoms with van der Waals surface area (Å²) in [5.74, 6) is 0.689. The molecule has 1 aromatic rings. The minimum atomic E-state index is -0.423. The lowest BCUT2D eigenvalue weighted by Gasteiger charge is -2.07. The van der Waals surface area contributed by atoms with Gasteiger partial charge in [0, 0.05) is 19.5 Å². The van der Waals surface area contributed by atoms with Gasteiger partial charge in [-0.15, -0.1) is 0 Å². The average molecular weight is 282 g/mol. The second-order valence-corrected chi connectivity index (χ2v) is 4.92. The van der Waals surface area contributed by atoms with Gasteiger partial charge in [-0.05, 0) is 12.0 Å². The van der Waals surface area contributed by atoms with E-state index in [1.54, 1.807) is 6.07 Å². The molecule has 6 nitrogen and oxygen atoms in total. The number of carbonyl (C=O) groups is 2. The van der Waals surface area contributed by atoms with Crippen molar-refractivity contribution in [2.75, 3.05) is 20.2 Å². The predicted molar refractivity (Wildman–Crippen MR) is 74.2 cm³/mol. The number of carbonyl (C=O) groups excluding carboxylic acids is 2. The van der Waals surface area contributed by atoms with Crippen molar-refractivity contribution < 1.29 is 18.7 Å². The van der Waals surface area contributed by atoms with Crippen molar-refractivity contribution in [2.45, 2.75) is 26.8 Å². The summed E-state index contributed by atoms with van der Waals surface area (Å²) in [6.45, 7) is 5.81. The summed E-state index contributed by atoms with van der Waals surface area (Å²) in [5, 5.41) is 5.93. The van der Waals surface area contributed by atoms with Gasteiger partial charge in [-0.1, -0.05) is 13.8 Å². The first-order valence-corrected chi connectivity index (χ1v) is 6.66. The number of rotatable bonds is 8. The van der Waals surface area contributed by atoms with Crippen LogP contribution in [0.5, 0.6) is 0 Å². The van der Waals surface area contributed by atoms with Crippen molar-refractivity contribution in [3.8, 4) is 0 Å². The molecule has 0 aliphatic carbocycles. The van der Waals surface area contributed by atoms with E-state index in [0.717, 1.165) is 0 Å². The van der Waals surface area contributed by atoms with E-state index in [4.69, 9.17) is 4.42 Å². The van der Waals surface area contributed by atoms with Gasteiger partial charge in [0.15, 0.2) is 0 Å². The highest BCUT2D eigenvalue weighted by atomic mass is 16.5. The third-order valence-corrected chi connectivity index (χ3v) is 2.61. The fourth-order valence-corrected chi connectivity index (χ4v) is 1.52. The Morgan fingerprint density at radius 2 is 2.15 bits per heavy atom. The van der Waals surface area contributed by atoms with Crippen LogP contribution in [-0.4, -0.2) is 32.1 Å². The van der Waals surface area contributed by atoms with Crippen LogP contribution in [-0.2, 0) is 16.1 Å². The Balaban J connectivity index is 2.19. The number of ether oxygens (including phenoxy) is 1. The SMILES string of the molecule is COC(=O)c1coc(CNCCC(=O)NCC(C)C)c1. The molecule has 2 N–H and O–H groups in total. The number of esters is 1. The lowest BCUT2D eigenvalue weighted by atomic mass is 10.2. The summed E-state index contributed by atoms with van der Waals surface area (Å²) in [6.07, 6.45) is 1.77. The van der Waals surface area contributed by atoms with Crippen molar-refractivity contribution in [3.05, 3.63) is 23.7 Å². The number of hydrogen-bond acceptors (Lipinski definition) is 5. The van der Waals surface area contributed by atoms with Crippen LogP contribution in [0.3, 0.4) is 0 Å². The van der Waals surface area contributed by atoms with E-state index in [0.29, 0.717) is 43.3 Å². The van der Waals surface area contributed by atoms with Crippen molar-refractivity contribution in [3.63, 3.8) is 0 Å². The molecule has 0 fully saturated rings. The van der Waals surface area contributed by atoms with E-state index >= 15 is 0 Å². The Morgan fingerprint density at radius 1 is 1.40 bits per heavy atom. The van der Waals surface area contributed by atoms with Crippen molar-refractivity contribution in [1.29, 1.82) is 0 Å². The molecule has 1 rings (SSSR count). The minimum absolute atomic E-state index is 0.0286. The predicted octanol–water partition coefficient (Wildman–Crippen LogP) is 1.32. The molecule has 0 spiro atoms. The topological polar surface area (TPSA) is 80.6 Å². The van der Waals surface area contributed by atoms with Gasteiger partial charge >= 0.3 is 5.97 Å². The Kier molecular flexibility index (Phi) is 6.79. The fourth-order valence-electron chi connectivity index (χ4n) is 1.52. The molecule has 6 heteroatoms. The standard InChI is InChI=1S/C14H22N2O4/c1-10(2)7-16-13(17)4-5-15-8-12-6-11(9-20-12)14(18)19-3/h6,9-10,15H,4-5,7-8H2,1-3H3,(H,16,17). The van der Waals surface area contributed by atoms with Crippen LogP contribution >= 0.6 is 0 Å². The third kappa shape index (κ3) is 5.88. The van der Waals surface area contributed by atoms with Gasteiger partial charge in [0.25, 0.3) is 0 Å². The Morgan fingerprint density at radius 3 is 2.80 bits per heavy atom. The molecule has 112 valence electrons. The van der Waals surface area contributed by atoms with Gasteiger partial charge in [0.2, 0.25) is 5.91 Å². The van der Waals surface area contributed by atoms with Gasteiger partial charge in [-0.25, -0.2) is 4.79 Å². The first kappa shape index (κ1) is 16.2. The second-order valence-electron chi connectivity index (χ2n) is 4.92. The van der Waals surface area contributed by atoms with E-state index in [-0.39, 0.29) is 5.91 Å². The molecule has 0 aliphatic heterocycles. The number of nitrogens with one attached hydrogen (secondary N) is 2. The van der Waals surface area contributed by atoms with Crippen LogP contribution in [0.15, 0.2) is 16.7 Å². The fraction of sp³-hybridized carbons (Fsp3) is 0.571. The van der Waals surface area contributed by atoms with Crippen LogP contribution < -0.4 is 10.6 Å². The molecule has 1 heterocycles. The van der Waals surface area contributed by atoms with E-state index in [1.165, 1.54) is 13.4 Å². The number of furan rings is 1. The van der Waals surface area contributed by atoms with Gasteiger partial charge < -0.3 is 19.8 Å². The zero-order valence-corrected chi connectivity index (χ0v) is 12.2. The van der Waals surface area contributed by atoms with Crippen LogP contribution in [0.25, 0.3) is 0 Å². The van der Waals surface area contributed by atoms with Crippen molar-refractivity contribution >= 4 is 11.9 Å². The maximum Gasteiger partial charge on any atom is 0.341 e. The molecule has 1 amide bonds. The van der Waals surface area contributed by atoms with Crippen molar-refractivity contribution in [1.82, 2.24) is 10.6 Å². The van der Waals surface area contributed by atoms with Crippen LogP contribution in [0.4, 0.5) is 0 Å². The molecule has 0 radical (unpaired) electrons.